The number of amidine groups is 1. The molecule has 5 heteroatoms. The van der Waals surface area contributed by atoms with Crippen molar-refractivity contribution in [3.05, 3.63) is 0 Å². The Balaban J connectivity index is 2.65. The molecule has 1 aliphatic heterocycles. The molecule has 1 rings (SSSR count). The summed E-state index contributed by atoms with van der Waals surface area (Å²) in [6, 6.07) is 0. The number of hydrogen-bond donors (Lipinski definition) is 1. The van der Waals surface area contributed by atoms with E-state index in [9.17, 15) is 0 Å². The third-order valence-corrected chi connectivity index (χ3v) is 2.72. The van der Waals surface area contributed by atoms with E-state index in [2.05, 4.69) is 17.2 Å². The maximum Gasteiger partial charge on any atom is 0.183 e. The standard InChI is InChI=1S/C9H15N3OS/c1-9(4-3-5-13-6-9)12-8(14-2)11-7-10/h3-6H2,1-2H3,(H,11,12). The summed E-state index contributed by atoms with van der Waals surface area (Å²) in [4.78, 5) is 4.50. The van der Waals surface area contributed by atoms with Gasteiger partial charge in [0.15, 0.2) is 11.4 Å². The highest BCUT2D eigenvalue weighted by Crippen LogP contribution is 2.23. The minimum absolute atomic E-state index is 0.166. The van der Waals surface area contributed by atoms with Crippen LogP contribution in [-0.4, -0.2) is 30.2 Å². The van der Waals surface area contributed by atoms with Crippen molar-refractivity contribution >= 4 is 16.9 Å². The molecule has 0 aromatic carbocycles. The lowest BCUT2D eigenvalue weighted by Gasteiger charge is -2.29. The first-order valence-corrected chi connectivity index (χ1v) is 5.79. The fourth-order valence-corrected chi connectivity index (χ4v) is 1.88. The molecule has 0 aromatic heterocycles. The fraction of sp³-hybridized carbons (Fsp3) is 0.778. The van der Waals surface area contributed by atoms with Crippen molar-refractivity contribution in [3.8, 4) is 6.19 Å². The second kappa shape index (κ2) is 5.23. The molecule has 1 saturated heterocycles. The maximum atomic E-state index is 8.49. The molecule has 0 aromatic rings. The van der Waals surface area contributed by atoms with Gasteiger partial charge in [0, 0.05) is 6.61 Å². The minimum atomic E-state index is -0.166. The molecule has 1 aliphatic rings. The molecule has 1 atom stereocenters. The first-order valence-electron chi connectivity index (χ1n) is 4.57. The van der Waals surface area contributed by atoms with Crippen molar-refractivity contribution in [2.45, 2.75) is 25.3 Å². The van der Waals surface area contributed by atoms with Gasteiger partial charge >= 0.3 is 0 Å². The summed E-state index contributed by atoms with van der Waals surface area (Å²) in [7, 11) is 0. The monoisotopic (exact) mass is 213 g/mol. The Kier molecular flexibility index (Phi) is 4.23. The van der Waals surface area contributed by atoms with Gasteiger partial charge in [0.1, 0.15) is 0 Å². The quantitative estimate of drug-likeness (QED) is 0.309. The molecular formula is C9H15N3OS. The largest absolute Gasteiger partial charge is 0.379 e. The van der Waals surface area contributed by atoms with Crippen LogP contribution < -0.4 is 5.32 Å². The smallest absolute Gasteiger partial charge is 0.183 e. The molecule has 78 valence electrons. The van der Waals surface area contributed by atoms with E-state index in [0.29, 0.717) is 11.8 Å². The highest BCUT2D eigenvalue weighted by molar-refractivity contribution is 8.13. The van der Waals surface area contributed by atoms with Crippen LogP contribution in [-0.2, 0) is 4.74 Å². The maximum absolute atomic E-state index is 8.49. The van der Waals surface area contributed by atoms with Crippen molar-refractivity contribution in [3.63, 3.8) is 0 Å². The summed E-state index contributed by atoms with van der Waals surface area (Å²) in [6.07, 6.45) is 5.84. The number of thioether (sulfide) groups is 1. The minimum Gasteiger partial charge on any atom is -0.379 e. The Morgan fingerprint density at radius 2 is 2.50 bits per heavy atom. The third-order valence-electron chi connectivity index (χ3n) is 2.14. The van der Waals surface area contributed by atoms with Gasteiger partial charge in [-0.15, -0.1) is 0 Å². The van der Waals surface area contributed by atoms with Gasteiger partial charge in [0.2, 0.25) is 0 Å². The first-order chi connectivity index (χ1) is 6.70. The van der Waals surface area contributed by atoms with Gasteiger partial charge in [-0.25, -0.2) is 0 Å². The number of nitrogens with one attached hydrogen (secondary N) is 1. The molecule has 1 fully saturated rings. The van der Waals surface area contributed by atoms with Gasteiger partial charge in [-0.05, 0) is 26.0 Å². The number of hydrogen-bond acceptors (Lipinski definition) is 4. The molecule has 0 saturated carbocycles. The molecule has 1 heterocycles. The van der Waals surface area contributed by atoms with Crippen LogP contribution in [0.2, 0.25) is 0 Å². The van der Waals surface area contributed by atoms with E-state index in [-0.39, 0.29) is 5.54 Å². The Bertz CT molecular complexity index is 253. The Hall–Kier alpha value is -0.730. The molecule has 4 nitrogen and oxygen atoms in total. The van der Waals surface area contributed by atoms with Crippen LogP contribution in [0.4, 0.5) is 0 Å². The lowest BCUT2D eigenvalue weighted by Crippen LogP contribution is -2.35. The van der Waals surface area contributed by atoms with Crippen molar-refractivity contribution in [2.75, 3.05) is 19.5 Å². The van der Waals surface area contributed by atoms with Crippen molar-refractivity contribution in [1.82, 2.24) is 5.32 Å². The molecule has 1 unspecified atom stereocenters. The summed E-state index contributed by atoms with van der Waals surface area (Å²) in [5, 5.41) is 11.7. The van der Waals surface area contributed by atoms with Crippen molar-refractivity contribution < 1.29 is 4.74 Å². The number of nitriles is 1. The normalized spacial score (nSPS) is 28.2. The Morgan fingerprint density at radius 3 is 3.00 bits per heavy atom. The average molecular weight is 213 g/mol. The zero-order valence-corrected chi connectivity index (χ0v) is 9.36. The highest BCUT2D eigenvalue weighted by atomic mass is 32.2. The van der Waals surface area contributed by atoms with Crippen LogP contribution >= 0.6 is 11.8 Å². The lowest BCUT2D eigenvalue weighted by molar-refractivity contribution is 0.0469. The number of nitrogens with zero attached hydrogens (tertiary/aromatic N) is 2. The van der Waals surface area contributed by atoms with E-state index >= 15 is 0 Å². The van der Waals surface area contributed by atoms with Gasteiger partial charge in [-0.2, -0.15) is 5.26 Å². The number of ether oxygens (including phenoxy) is 1. The summed E-state index contributed by atoms with van der Waals surface area (Å²) >= 11 is 1.45. The SMILES string of the molecule is CSC(=NC1(C)CCCOC1)NC#N. The van der Waals surface area contributed by atoms with E-state index in [4.69, 9.17) is 10.00 Å². The van der Waals surface area contributed by atoms with Gasteiger partial charge < -0.3 is 4.74 Å². The van der Waals surface area contributed by atoms with Crippen LogP contribution in [0.25, 0.3) is 0 Å². The van der Waals surface area contributed by atoms with E-state index in [0.717, 1.165) is 19.4 Å². The van der Waals surface area contributed by atoms with E-state index in [1.165, 1.54) is 11.8 Å². The molecule has 0 bridgehead atoms. The third kappa shape index (κ3) is 3.20. The zero-order valence-electron chi connectivity index (χ0n) is 8.54. The Morgan fingerprint density at radius 1 is 1.71 bits per heavy atom. The van der Waals surface area contributed by atoms with Gasteiger partial charge in [0.25, 0.3) is 0 Å². The zero-order chi connectivity index (χ0) is 10.4. The first kappa shape index (κ1) is 11.3. The van der Waals surface area contributed by atoms with Crippen LogP contribution in [0.5, 0.6) is 0 Å². The summed E-state index contributed by atoms with van der Waals surface area (Å²) in [5.41, 5.74) is -0.166. The van der Waals surface area contributed by atoms with Crippen LogP contribution in [0.1, 0.15) is 19.8 Å². The second-order valence-electron chi connectivity index (χ2n) is 3.51. The molecule has 0 spiro atoms. The summed E-state index contributed by atoms with van der Waals surface area (Å²) in [6.45, 7) is 3.52. The van der Waals surface area contributed by atoms with E-state index in [1.54, 1.807) is 0 Å². The van der Waals surface area contributed by atoms with E-state index < -0.39 is 0 Å². The van der Waals surface area contributed by atoms with Crippen LogP contribution in [0.3, 0.4) is 0 Å². The molecule has 0 amide bonds. The summed E-state index contributed by atoms with van der Waals surface area (Å²) < 4.78 is 5.38. The highest BCUT2D eigenvalue weighted by Gasteiger charge is 2.27. The summed E-state index contributed by atoms with van der Waals surface area (Å²) in [5.74, 6) is 0. The predicted molar refractivity (Wildman–Crippen MR) is 58.2 cm³/mol. The van der Waals surface area contributed by atoms with Crippen LogP contribution in [0, 0.1) is 11.5 Å². The lowest BCUT2D eigenvalue weighted by atomic mass is 9.96. The fourth-order valence-electron chi connectivity index (χ4n) is 1.43. The topological polar surface area (TPSA) is 57.4 Å². The molecule has 14 heavy (non-hydrogen) atoms. The van der Waals surface area contributed by atoms with Gasteiger partial charge in [0.05, 0.1) is 12.1 Å². The molecule has 0 aliphatic carbocycles. The van der Waals surface area contributed by atoms with E-state index in [1.807, 2.05) is 12.4 Å². The molecule has 1 N–H and O–H groups in total. The predicted octanol–water partition coefficient (Wildman–Crippen LogP) is 1.35. The van der Waals surface area contributed by atoms with Crippen LogP contribution in [0.15, 0.2) is 4.99 Å². The van der Waals surface area contributed by atoms with Crippen molar-refractivity contribution in [2.24, 2.45) is 4.99 Å². The van der Waals surface area contributed by atoms with Gasteiger partial charge in [-0.3, -0.25) is 10.3 Å². The molecule has 0 radical (unpaired) electrons. The van der Waals surface area contributed by atoms with Crippen molar-refractivity contribution in [1.29, 1.82) is 5.26 Å². The molecular weight excluding hydrogens is 198 g/mol. The van der Waals surface area contributed by atoms with Gasteiger partial charge in [-0.1, -0.05) is 11.8 Å². The average Bonchev–Trinajstić information content (AvgIpc) is 2.18. The Labute approximate surface area is 88.7 Å². The number of aliphatic imine (C=N–C) groups is 1. The second-order valence-corrected chi connectivity index (χ2v) is 4.31. The number of rotatable bonds is 1.